The van der Waals surface area contributed by atoms with Gasteiger partial charge in [-0.05, 0) is 45.5 Å². The Morgan fingerprint density at radius 3 is 2.45 bits per heavy atom. The van der Waals surface area contributed by atoms with Crippen LogP contribution in [0.2, 0.25) is 0 Å². The summed E-state index contributed by atoms with van der Waals surface area (Å²) >= 11 is 0. The molecule has 1 aliphatic rings. The summed E-state index contributed by atoms with van der Waals surface area (Å²) in [6.45, 7) is 0.734. The molecule has 1 fully saturated rings. The van der Waals surface area contributed by atoms with E-state index in [1.54, 1.807) is 12.1 Å². The molecule has 0 aliphatic heterocycles. The number of benzene rings is 1. The zero-order valence-electron chi connectivity index (χ0n) is 11.9. The van der Waals surface area contributed by atoms with Crippen molar-refractivity contribution in [3.63, 3.8) is 0 Å². The van der Waals surface area contributed by atoms with Crippen LogP contribution >= 0.6 is 0 Å². The predicted octanol–water partition coefficient (Wildman–Crippen LogP) is 0.812. The molecule has 0 unspecified atom stereocenters. The van der Waals surface area contributed by atoms with Gasteiger partial charge < -0.3 is 16.0 Å². The van der Waals surface area contributed by atoms with Crippen molar-refractivity contribution in [3.05, 3.63) is 18.2 Å². The summed E-state index contributed by atoms with van der Waals surface area (Å²) in [5.74, 6) is 0. The fraction of sp³-hybridized carbons (Fsp3) is 0.538. The number of primary sulfonamides is 1. The number of nitrogen functional groups attached to an aromatic ring is 1. The lowest BCUT2D eigenvalue weighted by Gasteiger charge is -2.47. The van der Waals surface area contributed by atoms with Crippen LogP contribution in [0.1, 0.15) is 19.3 Å². The zero-order valence-corrected chi connectivity index (χ0v) is 12.7. The number of nitrogens with zero attached hydrogens (tertiary/aromatic N) is 1. The van der Waals surface area contributed by atoms with Gasteiger partial charge in [-0.25, -0.2) is 13.6 Å². The minimum Gasteiger partial charge on any atom is -0.396 e. The van der Waals surface area contributed by atoms with Crippen molar-refractivity contribution in [2.45, 2.75) is 29.7 Å². The van der Waals surface area contributed by atoms with Crippen molar-refractivity contribution in [2.75, 3.05) is 31.7 Å². The second kappa shape index (κ2) is 5.23. The largest absolute Gasteiger partial charge is 0.396 e. The Bertz CT molecular complexity index is 594. The zero-order chi connectivity index (χ0) is 15.0. The maximum atomic E-state index is 11.4. The molecule has 1 aromatic rings. The predicted molar refractivity (Wildman–Crippen MR) is 81.0 cm³/mol. The monoisotopic (exact) mass is 298 g/mol. The molecule has 0 spiro atoms. The Kier molecular flexibility index (Phi) is 3.95. The third kappa shape index (κ3) is 2.74. The van der Waals surface area contributed by atoms with Crippen molar-refractivity contribution in [1.29, 1.82) is 0 Å². The molecule has 6 nitrogen and oxygen atoms in total. The first kappa shape index (κ1) is 15.1. The van der Waals surface area contributed by atoms with Gasteiger partial charge in [0.05, 0.1) is 11.4 Å². The van der Waals surface area contributed by atoms with E-state index in [1.807, 2.05) is 0 Å². The highest BCUT2D eigenvalue weighted by molar-refractivity contribution is 7.89. The van der Waals surface area contributed by atoms with Crippen molar-refractivity contribution in [2.24, 2.45) is 5.14 Å². The highest BCUT2D eigenvalue weighted by Crippen LogP contribution is 2.37. The van der Waals surface area contributed by atoms with Crippen LogP contribution < -0.4 is 16.2 Å². The van der Waals surface area contributed by atoms with Gasteiger partial charge in [0.1, 0.15) is 4.90 Å². The fourth-order valence-electron chi connectivity index (χ4n) is 2.57. The van der Waals surface area contributed by atoms with E-state index >= 15 is 0 Å². The van der Waals surface area contributed by atoms with Crippen molar-refractivity contribution < 1.29 is 8.42 Å². The van der Waals surface area contributed by atoms with E-state index in [9.17, 15) is 8.42 Å². The van der Waals surface area contributed by atoms with E-state index in [1.165, 1.54) is 12.5 Å². The van der Waals surface area contributed by atoms with E-state index in [-0.39, 0.29) is 16.1 Å². The molecule has 1 aliphatic carbocycles. The Morgan fingerprint density at radius 2 is 2.00 bits per heavy atom. The van der Waals surface area contributed by atoms with Crippen molar-refractivity contribution in [1.82, 2.24) is 4.90 Å². The van der Waals surface area contributed by atoms with Gasteiger partial charge in [-0.2, -0.15) is 0 Å². The first-order valence-corrected chi connectivity index (χ1v) is 8.13. The second-order valence-electron chi connectivity index (χ2n) is 5.59. The smallest absolute Gasteiger partial charge is 0.240 e. The molecule has 20 heavy (non-hydrogen) atoms. The number of sulfonamides is 1. The van der Waals surface area contributed by atoms with Crippen LogP contribution in [0.15, 0.2) is 23.1 Å². The van der Waals surface area contributed by atoms with Gasteiger partial charge >= 0.3 is 0 Å². The molecular weight excluding hydrogens is 276 g/mol. The lowest BCUT2D eigenvalue weighted by molar-refractivity contribution is 0.0739. The molecule has 0 heterocycles. The molecule has 0 amide bonds. The number of para-hydroxylation sites is 1. The van der Waals surface area contributed by atoms with Crippen LogP contribution in [0.5, 0.6) is 0 Å². The summed E-state index contributed by atoms with van der Waals surface area (Å²) in [6.07, 6.45) is 3.47. The molecule has 1 saturated carbocycles. The van der Waals surface area contributed by atoms with Crippen LogP contribution in [0, 0.1) is 0 Å². The molecule has 112 valence electrons. The van der Waals surface area contributed by atoms with Crippen molar-refractivity contribution >= 4 is 21.4 Å². The lowest BCUT2D eigenvalue weighted by Crippen LogP contribution is -2.54. The third-order valence-corrected chi connectivity index (χ3v) is 5.18. The second-order valence-corrected chi connectivity index (χ2v) is 7.12. The number of nitrogens with two attached hydrogens (primary N) is 2. The minimum atomic E-state index is -3.79. The van der Waals surface area contributed by atoms with Gasteiger partial charge in [-0.3, -0.25) is 0 Å². The first-order chi connectivity index (χ1) is 9.26. The summed E-state index contributed by atoms with van der Waals surface area (Å²) < 4.78 is 22.9. The summed E-state index contributed by atoms with van der Waals surface area (Å²) in [5.41, 5.74) is 6.83. The van der Waals surface area contributed by atoms with Crippen LogP contribution in [-0.4, -0.2) is 39.5 Å². The fourth-order valence-corrected chi connectivity index (χ4v) is 3.26. The standard InChI is InChI=1S/C13H22N4O2S/c1-17(2)13(7-4-8-13)9-16-10-5-3-6-11(12(10)14)20(15,18)19/h3,5-6,16H,4,7-9,14H2,1-2H3,(H2,15,18,19). The van der Waals surface area contributed by atoms with E-state index in [4.69, 9.17) is 10.9 Å². The van der Waals surface area contributed by atoms with E-state index < -0.39 is 10.0 Å². The van der Waals surface area contributed by atoms with Crippen LogP contribution in [0.25, 0.3) is 0 Å². The average Bonchev–Trinajstić information content (AvgIpc) is 2.27. The summed E-state index contributed by atoms with van der Waals surface area (Å²) in [5, 5.41) is 8.41. The normalized spacial score (nSPS) is 17.8. The minimum absolute atomic E-state index is 0.0324. The first-order valence-electron chi connectivity index (χ1n) is 6.59. The topological polar surface area (TPSA) is 101 Å². The number of hydrogen-bond acceptors (Lipinski definition) is 5. The SMILES string of the molecule is CN(C)C1(CNc2cccc(S(N)(=O)=O)c2N)CCC1. The Labute approximate surface area is 120 Å². The van der Waals surface area contributed by atoms with E-state index in [0.717, 1.165) is 19.4 Å². The third-order valence-electron chi connectivity index (χ3n) is 4.21. The molecule has 2 rings (SSSR count). The molecule has 1 aromatic carbocycles. The van der Waals surface area contributed by atoms with E-state index in [0.29, 0.717) is 5.69 Å². The highest BCUT2D eigenvalue weighted by atomic mass is 32.2. The lowest BCUT2D eigenvalue weighted by atomic mass is 9.75. The molecule has 0 aromatic heterocycles. The van der Waals surface area contributed by atoms with Gasteiger partial charge in [-0.1, -0.05) is 6.07 Å². The maximum absolute atomic E-state index is 11.4. The summed E-state index contributed by atoms with van der Waals surface area (Å²) in [7, 11) is 0.328. The molecule has 7 heteroatoms. The average molecular weight is 298 g/mol. The molecule has 0 saturated heterocycles. The van der Waals surface area contributed by atoms with Gasteiger partial charge in [0.15, 0.2) is 0 Å². The number of anilines is 2. The molecule has 0 atom stereocenters. The Morgan fingerprint density at radius 1 is 1.35 bits per heavy atom. The summed E-state index contributed by atoms with van der Waals surface area (Å²) in [6, 6.07) is 4.83. The molecule has 0 bridgehead atoms. The number of nitrogens with one attached hydrogen (secondary N) is 1. The molecule has 5 N–H and O–H groups in total. The number of hydrogen-bond donors (Lipinski definition) is 3. The molecular formula is C13H22N4O2S. The Balaban J connectivity index is 2.19. The van der Waals surface area contributed by atoms with Gasteiger partial charge in [0.25, 0.3) is 0 Å². The number of likely N-dealkylation sites (N-methyl/N-ethyl adjacent to an activating group) is 1. The van der Waals surface area contributed by atoms with E-state index in [2.05, 4.69) is 24.3 Å². The van der Waals surface area contributed by atoms with Gasteiger partial charge in [-0.15, -0.1) is 0 Å². The van der Waals surface area contributed by atoms with Crippen LogP contribution in [-0.2, 0) is 10.0 Å². The Hall–Kier alpha value is -1.31. The molecule has 0 radical (unpaired) electrons. The van der Waals surface area contributed by atoms with Gasteiger partial charge in [0, 0.05) is 12.1 Å². The summed E-state index contributed by atoms with van der Waals surface area (Å²) in [4.78, 5) is 2.18. The quantitative estimate of drug-likeness (QED) is 0.698. The van der Waals surface area contributed by atoms with Crippen molar-refractivity contribution in [3.8, 4) is 0 Å². The maximum Gasteiger partial charge on any atom is 0.240 e. The number of rotatable bonds is 5. The highest BCUT2D eigenvalue weighted by Gasteiger charge is 2.38. The van der Waals surface area contributed by atoms with Crippen LogP contribution in [0.3, 0.4) is 0 Å². The van der Waals surface area contributed by atoms with Gasteiger partial charge in [0.2, 0.25) is 10.0 Å². The van der Waals surface area contributed by atoms with Crippen LogP contribution in [0.4, 0.5) is 11.4 Å².